The Balaban J connectivity index is 0. The monoisotopic (exact) mass is 189 g/mol. The molecule has 3 heteroatoms. The molecule has 0 aliphatic rings. The summed E-state index contributed by atoms with van der Waals surface area (Å²) >= 11 is 0. The maximum atomic E-state index is 9.49. The molecule has 0 aliphatic carbocycles. The fraction of sp³-hybridized carbons (Fsp3) is 0.900. The number of carbonyl (C=O) groups excluding carboxylic acids is 1. The second-order valence-electron chi connectivity index (χ2n) is 3.04. The van der Waals surface area contributed by atoms with Crippen LogP contribution in [0, 0.1) is 0 Å². The Morgan fingerprint density at radius 3 is 2.00 bits per heavy atom. The van der Waals surface area contributed by atoms with Crippen molar-refractivity contribution in [1.29, 1.82) is 0 Å². The molecular weight excluding hydrogens is 166 g/mol. The summed E-state index contributed by atoms with van der Waals surface area (Å²) in [5.41, 5.74) is 3.76. The van der Waals surface area contributed by atoms with Crippen LogP contribution in [0.1, 0.15) is 52.4 Å². The Kier molecular flexibility index (Phi) is 16.1. The van der Waals surface area contributed by atoms with Gasteiger partial charge in [0.05, 0.1) is 6.54 Å². The molecule has 3 N–H and O–H groups in total. The van der Waals surface area contributed by atoms with Crippen molar-refractivity contribution in [3.05, 3.63) is 0 Å². The SMILES string of the molecule is CCCC(=O)[O-].CCCCCC[NH3+]. The van der Waals surface area contributed by atoms with Gasteiger partial charge in [-0.1, -0.05) is 33.1 Å². The third-order valence-corrected chi connectivity index (χ3v) is 1.56. The summed E-state index contributed by atoms with van der Waals surface area (Å²) in [6.07, 6.45) is 6.26. The van der Waals surface area contributed by atoms with Gasteiger partial charge in [0.2, 0.25) is 0 Å². The quantitative estimate of drug-likeness (QED) is 0.612. The van der Waals surface area contributed by atoms with Crippen molar-refractivity contribution in [3.8, 4) is 0 Å². The molecule has 0 heterocycles. The Bertz CT molecular complexity index is 101. The maximum absolute atomic E-state index is 9.49. The van der Waals surface area contributed by atoms with Crippen LogP contribution < -0.4 is 10.8 Å². The molecule has 0 saturated carbocycles. The predicted octanol–water partition coefficient (Wildman–Crippen LogP) is 0.345. The molecule has 80 valence electrons. The molecule has 0 unspecified atom stereocenters. The van der Waals surface area contributed by atoms with Crippen LogP contribution in [0.3, 0.4) is 0 Å². The summed E-state index contributed by atoms with van der Waals surface area (Å²) in [6, 6.07) is 0. The Hall–Kier alpha value is -0.570. The van der Waals surface area contributed by atoms with Crippen LogP contribution in [0.15, 0.2) is 0 Å². The normalized spacial score (nSPS) is 8.85. The van der Waals surface area contributed by atoms with Crippen molar-refractivity contribution in [2.45, 2.75) is 52.4 Å². The van der Waals surface area contributed by atoms with Crippen molar-refractivity contribution in [3.63, 3.8) is 0 Å². The molecule has 0 spiro atoms. The number of hydrogen-bond acceptors (Lipinski definition) is 2. The van der Waals surface area contributed by atoms with Gasteiger partial charge in [0.15, 0.2) is 0 Å². The number of carboxylic acids is 1. The minimum absolute atomic E-state index is 0.181. The Labute approximate surface area is 81.3 Å². The third-order valence-electron chi connectivity index (χ3n) is 1.56. The number of unbranched alkanes of at least 4 members (excludes halogenated alkanes) is 3. The number of carbonyl (C=O) groups is 1. The Morgan fingerprint density at radius 1 is 1.15 bits per heavy atom. The molecule has 0 aromatic carbocycles. The lowest BCUT2D eigenvalue weighted by atomic mass is 10.2. The fourth-order valence-electron chi connectivity index (χ4n) is 0.808. The molecule has 0 fully saturated rings. The number of rotatable bonds is 6. The van der Waals surface area contributed by atoms with E-state index in [1.54, 1.807) is 6.92 Å². The minimum Gasteiger partial charge on any atom is -0.550 e. The van der Waals surface area contributed by atoms with E-state index < -0.39 is 5.97 Å². The number of quaternary nitrogens is 1. The van der Waals surface area contributed by atoms with E-state index in [-0.39, 0.29) is 6.42 Å². The molecule has 0 rings (SSSR count). The van der Waals surface area contributed by atoms with Gasteiger partial charge in [0, 0.05) is 5.97 Å². The Morgan fingerprint density at radius 2 is 1.77 bits per heavy atom. The zero-order valence-electron chi connectivity index (χ0n) is 8.97. The zero-order valence-corrected chi connectivity index (χ0v) is 8.97. The van der Waals surface area contributed by atoms with E-state index >= 15 is 0 Å². The van der Waals surface area contributed by atoms with E-state index in [0.717, 1.165) is 6.54 Å². The summed E-state index contributed by atoms with van der Waals surface area (Å²) in [7, 11) is 0. The topological polar surface area (TPSA) is 67.8 Å². The third kappa shape index (κ3) is 24.6. The molecule has 0 bridgehead atoms. The van der Waals surface area contributed by atoms with Crippen molar-refractivity contribution < 1.29 is 15.6 Å². The first-order valence-corrected chi connectivity index (χ1v) is 5.18. The van der Waals surface area contributed by atoms with Crippen LogP contribution in [0.25, 0.3) is 0 Å². The van der Waals surface area contributed by atoms with E-state index in [1.807, 2.05) is 0 Å². The van der Waals surface area contributed by atoms with Gasteiger partial charge >= 0.3 is 0 Å². The summed E-state index contributed by atoms with van der Waals surface area (Å²) in [4.78, 5) is 9.49. The average Bonchev–Trinajstić information content (AvgIpc) is 2.06. The molecular formula is C10H23NO2. The fourth-order valence-corrected chi connectivity index (χ4v) is 0.808. The van der Waals surface area contributed by atoms with E-state index in [4.69, 9.17) is 0 Å². The standard InChI is InChI=1S/C6H15N.C4H8O2/c1-2-3-4-5-6-7;1-2-3-4(5)6/h2-7H2,1H3;2-3H2,1H3,(H,5,6). The highest BCUT2D eigenvalue weighted by Crippen LogP contribution is 1.94. The van der Waals surface area contributed by atoms with Gasteiger partial charge in [-0.25, -0.2) is 0 Å². The van der Waals surface area contributed by atoms with Crippen molar-refractivity contribution in [2.24, 2.45) is 0 Å². The second kappa shape index (κ2) is 14.0. The van der Waals surface area contributed by atoms with E-state index in [0.29, 0.717) is 6.42 Å². The van der Waals surface area contributed by atoms with Crippen LogP contribution >= 0.6 is 0 Å². The first-order chi connectivity index (χ1) is 6.18. The predicted molar refractivity (Wildman–Crippen MR) is 51.8 cm³/mol. The summed E-state index contributed by atoms with van der Waals surface area (Å²) in [6.45, 7) is 5.14. The van der Waals surface area contributed by atoms with Crippen LogP contribution in [-0.4, -0.2) is 12.5 Å². The van der Waals surface area contributed by atoms with E-state index in [2.05, 4.69) is 12.7 Å². The number of carboxylic acid groups (broad SMARTS) is 1. The second-order valence-corrected chi connectivity index (χ2v) is 3.04. The van der Waals surface area contributed by atoms with Crippen LogP contribution in [0.2, 0.25) is 0 Å². The van der Waals surface area contributed by atoms with Gasteiger partial charge in [0.25, 0.3) is 0 Å². The number of hydrogen-bond donors (Lipinski definition) is 1. The van der Waals surface area contributed by atoms with Crippen LogP contribution in [0.5, 0.6) is 0 Å². The lowest BCUT2D eigenvalue weighted by Crippen LogP contribution is -2.50. The summed E-state index contributed by atoms with van der Waals surface area (Å²) in [5, 5.41) is 9.49. The minimum atomic E-state index is -0.961. The van der Waals surface area contributed by atoms with Gasteiger partial charge < -0.3 is 15.6 Å². The molecule has 3 nitrogen and oxygen atoms in total. The number of aliphatic carboxylic acids is 1. The van der Waals surface area contributed by atoms with Gasteiger partial charge in [-0.2, -0.15) is 0 Å². The molecule has 13 heavy (non-hydrogen) atoms. The van der Waals surface area contributed by atoms with Crippen LogP contribution in [-0.2, 0) is 4.79 Å². The highest BCUT2D eigenvalue weighted by atomic mass is 16.4. The van der Waals surface area contributed by atoms with Gasteiger partial charge in [-0.05, 0) is 19.3 Å². The lowest BCUT2D eigenvalue weighted by Gasteiger charge is -1.92. The van der Waals surface area contributed by atoms with Crippen molar-refractivity contribution >= 4 is 5.97 Å². The zero-order chi connectivity index (χ0) is 10.5. The van der Waals surface area contributed by atoms with Gasteiger partial charge in [-0.3, -0.25) is 0 Å². The van der Waals surface area contributed by atoms with Crippen molar-refractivity contribution in [1.82, 2.24) is 0 Å². The van der Waals surface area contributed by atoms with Crippen molar-refractivity contribution in [2.75, 3.05) is 6.54 Å². The highest BCUT2D eigenvalue weighted by molar-refractivity contribution is 5.63. The average molecular weight is 189 g/mol. The first-order valence-electron chi connectivity index (χ1n) is 5.18. The van der Waals surface area contributed by atoms with Gasteiger partial charge in [-0.15, -0.1) is 0 Å². The molecule has 0 amide bonds. The van der Waals surface area contributed by atoms with E-state index in [9.17, 15) is 9.90 Å². The molecule has 0 saturated heterocycles. The summed E-state index contributed by atoms with van der Waals surface area (Å²) < 4.78 is 0. The smallest absolute Gasteiger partial charge is 0.0739 e. The molecule has 0 aromatic rings. The van der Waals surface area contributed by atoms with E-state index in [1.165, 1.54) is 25.7 Å². The maximum Gasteiger partial charge on any atom is 0.0739 e. The van der Waals surface area contributed by atoms with Crippen LogP contribution in [0.4, 0.5) is 0 Å². The lowest BCUT2D eigenvalue weighted by molar-refractivity contribution is -0.368. The molecule has 0 aliphatic heterocycles. The molecule has 0 atom stereocenters. The molecule has 0 aromatic heterocycles. The molecule has 0 radical (unpaired) electrons. The summed E-state index contributed by atoms with van der Waals surface area (Å²) in [5.74, 6) is -0.961. The largest absolute Gasteiger partial charge is 0.550 e. The highest BCUT2D eigenvalue weighted by Gasteiger charge is 1.82. The first kappa shape index (κ1) is 14.9. The van der Waals surface area contributed by atoms with Gasteiger partial charge in [0.1, 0.15) is 0 Å².